The Morgan fingerprint density at radius 1 is 1.16 bits per heavy atom. The summed E-state index contributed by atoms with van der Waals surface area (Å²) in [5.41, 5.74) is 6.13. The fourth-order valence-corrected chi connectivity index (χ4v) is 1.53. The summed E-state index contributed by atoms with van der Waals surface area (Å²) < 4.78 is 10.0. The smallest absolute Gasteiger partial charge is 0.322 e. The predicted octanol–water partition coefficient (Wildman–Crippen LogP) is 1.87. The second-order valence-corrected chi connectivity index (χ2v) is 3.88. The minimum atomic E-state index is 0.0494. The van der Waals surface area contributed by atoms with Crippen molar-refractivity contribution in [3.05, 3.63) is 23.2 Å². The van der Waals surface area contributed by atoms with E-state index in [4.69, 9.17) is 26.8 Å². The lowest BCUT2D eigenvalue weighted by Gasteiger charge is -2.09. The van der Waals surface area contributed by atoms with Crippen LogP contribution in [0, 0.1) is 0 Å². The summed E-state index contributed by atoms with van der Waals surface area (Å²) in [5, 5.41) is 3.43. The van der Waals surface area contributed by atoms with Crippen LogP contribution in [-0.2, 0) is 0 Å². The first-order valence-corrected chi connectivity index (χ1v) is 5.66. The molecular formula is C11H12ClN5O2. The minimum absolute atomic E-state index is 0.0494. The molecule has 0 bridgehead atoms. The van der Waals surface area contributed by atoms with Gasteiger partial charge in [0, 0.05) is 6.07 Å². The topological polar surface area (TPSA) is 95.2 Å². The van der Waals surface area contributed by atoms with Gasteiger partial charge in [-0.2, -0.15) is 15.0 Å². The summed E-state index contributed by atoms with van der Waals surface area (Å²) in [6, 6.07) is 5.28. The van der Waals surface area contributed by atoms with Crippen LogP contribution in [-0.4, -0.2) is 29.2 Å². The quantitative estimate of drug-likeness (QED) is 0.883. The van der Waals surface area contributed by atoms with E-state index in [1.165, 1.54) is 7.11 Å². The van der Waals surface area contributed by atoms with E-state index >= 15 is 0 Å². The number of benzene rings is 1. The molecule has 0 unspecified atom stereocenters. The number of nitrogens with two attached hydrogens (primary N) is 1. The molecule has 7 nitrogen and oxygen atoms in total. The van der Waals surface area contributed by atoms with Crippen molar-refractivity contribution in [1.82, 2.24) is 15.0 Å². The van der Waals surface area contributed by atoms with Gasteiger partial charge in [0.05, 0.1) is 24.9 Å². The number of anilines is 3. The Labute approximate surface area is 114 Å². The number of halogens is 1. The molecule has 19 heavy (non-hydrogen) atoms. The van der Waals surface area contributed by atoms with Crippen LogP contribution in [0.3, 0.4) is 0 Å². The Bertz CT molecular complexity index is 593. The molecular weight excluding hydrogens is 270 g/mol. The number of ether oxygens (including phenoxy) is 2. The molecule has 1 heterocycles. The molecule has 0 spiro atoms. The second-order valence-electron chi connectivity index (χ2n) is 3.47. The standard InChI is InChI=1S/C11H12ClN5O2/c1-18-6-3-4-7(12)8(5-6)14-10-15-9(13)16-11(17-10)19-2/h3-5H,1-2H3,(H3,13,14,15,16,17). The molecule has 0 fully saturated rings. The maximum Gasteiger partial charge on any atom is 0.322 e. The number of hydrogen-bond acceptors (Lipinski definition) is 7. The van der Waals surface area contributed by atoms with Crippen LogP contribution in [0.25, 0.3) is 0 Å². The van der Waals surface area contributed by atoms with E-state index in [0.717, 1.165) is 0 Å². The molecule has 0 radical (unpaired) electrons. The van der Waals surface area contributed by atoms with Crippen molar-refractivity contribution in [3.8, 4) is 11.8 Å². The molecule has 0 saturated heterocycles. The zero-order valence-electron chi connectivity index (χ0n) is 10.3. The molecule has 2 aromatic rings. The molecule has 0 saturated carbocycles. The van der Waals surface area contributed by atoms with Gasteiger partial charge >= 0.3 is 6.01 Å². The molecule has 100 valence electrons. The van der Waals surface area contributed by atoms with E-state index in [9.17, 15) is 0 Å². The highest BCUT2D eigenvalue weighted by Gasteiger charge is 2.08. The lowest BCUT2D eigenvalue weighted by atomic mass is 10.3. The molecule has 3 N–H and O–H groups in total. The summed E-state index contributed by atoms with van der Waals surface area (Å²) in [7, 11) is 3.01. The van der Waals surface area contributed by atoms with E-state index in [1.54, 1.807) is 25.3 Å². The summed E-state index contributed by atoms with van der Waals surface area (Å²) in [4.78, 5) is 11.7. The fourth-order valence-electron chi connectivity index (χ4n) is 1.37. The van der Waals surface area contributed by atoms with Crippen LogP contribution in [0.15, 0.2) is 18.2 Å². The van der Waals surface area contributed by atoms with Crippen molar-refractivity contribution >= 4 is 29.2 Å². The van der Waals surface area contributed by atoms with E-state index in [2.05, 4.69) is 20.3 Å². The third-order valence-corrected chi connectivity index (χ3v) is 2.56. The molecule has 0 aliphatic rings. The molecule has 1 aromatic heterocycles. The first kappa shape index (κ1) is 13.2. The summed E-state index contributed by atoms with van der Waals surface area (Å²) in [6.45, 7) is 0. The van der Waals surface area contributed by atoms with Crippen molar-refractivity contribution in [2.45, 2.75) is 0 Å². The number of aromatic nitrogens is 3. The zero-order chi connectivity index (χ0) is 13.8. The van der Waals surface area contributed by atoms with Crippen molar-refractivity contribution in [3.63, 3.8) is 0 Å². The van der Waals surface area contributed by atoms with E-state index < -0.39 is 0 Å². The highest BCUT2D eigenvalue weighted by molar-refractivity contribution is 6.33. The molecule has 0 amide bonds. The minimum Gasteiger partial charge on any atom is -0.497 e. The SMILES string of the molecule is COc1ccc(Cl)c(Nc2nc(N)nc(OC)n2)c1. The van der Waals surface area contributed by atoms with Crippen LogP contribution in [0.4, 0.5) is 17.6 Å². The van der Waals surface area contributed by atoms with Crippen LogP contribution in [0.1, 0.15) is 0 Å². The Balaban J connectivity index is 2.32. The van der Waals surface area contributed by atoms with Gasteiger partial charge in [0.1, 0.15) is 5.75 Å². The summed E-state index contributed by atoms with van der Waals surface area (Å²) in [6.07, 6.45) is 0. The van der Waals surface area contributed by atoms with Gasteiger partial charge in [-0.05, 0) is 12.1 Å². The highest BCUT2D eigenvalue weighted by atomic mass is 35.5. The van der Waals surface area contributed by atoms with Gasteiger partial charge in [0.25, 0.3) is 0 Å². The number of nitrogen functional groups attached to an aromatic ring is 1. The highest BCUT2D eigenvalue weighted by Crippen LogP contribution is 2.28. The number of nitrogens with zero attached hydrogens (tertiary/aromatic N) is 3. The van der Waals surface area contributed by atoms with Gasteiger partial charge in [0.2, 0.25) is 11.9 Å². The fraction of sp³-hybridized carbons (Fsp3) is 0.182. The maximum atomic E-state index is 6.06. The van der Waals surface area contributed by atoms with Gasteiger partial charge in [0.15, 0.2) is 0 Å². The zero-order valence-corrected chi connectivity index (χ0v) is 11.1. The first-order valence-electron chi connectivity index (χ1n) is 5.28. The van der Waals surface area contributed by atoms with Gasteiger partial charge in [-0.25, -0.2) is 0 Å². The van der Waals surface area contributed by atoms with Gasteiger partial charge in [-0.3, -0.25) is 0 Å². The maximum absolute atomic E-state index is 6.06. The van der Waals surface area contributed by atoms with E-state index in [-0.39, 0.29) is 17.9 Å². The average Bonchev–Trinajstić information content (AvgIpc) is 2.40. The average molecular weight is 282 g/mol. The summed E-state index contributed by atoms with van der Waals surface area (Å²) in [5.74, 6) is 0.939. The molecule has 0 atom stereocenters. The second kappa shape index (κ2) is 5.57. The van der Waals surface area contributed by atoms with Gasteiger partial charge in [-0.1, -0.05) is 11.6 Å². The Hall–Kier alpha value is -2.28. The number of hydrogen-bond donors (Lipinski definition) is 2. The third kappa shape index (κ3) is 3.14. The van der Waals surface area contributed by atoms with E-state index in [0.29, 0.717) is 16.5 Å². The van der Waals surface area contributed by atoms with E-state index in [1.807, 2.05) is 0 Å². The molecule has 2 rings (SSSR count). The molecule has 0 aliphatic heterocycles. The number of rotatable bonds is 4. The monoisotopic (exact) mass is 281 g/mol. The Morgan fingerprint density at radius 2 is 1.95 bits per heavy atom. The van der Waals surface area contributed by atoms with Crippen molar-refractivity contribution in [2.75, 3.05) is 25.3 Å². The van der Waals surface area contributed by atoms with Crippen molar-refractivity contribution < 1.29 is 9.47 Å². The molecule has 8 heteroatoms. The van der Waals surface area contributed by atoms with Gasteiger partial charge in [-0.15, -0.1) is 0 Å². The third-order valence-electron chi connectivity index (χ3n) is 2.23. The molecule has 1 aromatic carbocycles. The first-order chi connectivity index (χ1) is 9.12. The Morgan fingerprint density at radius 3 is 2.63 bits per heavy atom. The largest absolute Gasteiger partial charge is 0.497 e. The normalized spacial score (nSPS) is 10.1. The van der Waals surface area contributed by atoms with Gasteiger partial charge < -0.3 is 20.5 Å². The van der Waals surface area contributed by atoms with Crippen LogP contribution < -0.4 is 20.5 Å². The van der Waals surface area contributed by atoms with Crippen molar-refractivity contribution in [1.29, 1.82) is 0 Å². The Kier molecular flexibility index (Phi) is 3.86. The number of nitrogens with one attached hydrogen (secondary N) is 1. The lowest BCUT2D eigenvalue weighted by Crippen LogP contribution is -2.05. The molecule has 0 aliphatic carbocycles. The predicted molar refractivity (Wildman–Crippen MR) is 72.1 cm³/mol. The lowest BCUT2D eigenvalue weighted by molar-refractivity contribution is 0.380. The van der Waals surface area contributed by atoms with Crippen LogP contribution in [0.5, 0.6) is 11.8 Å². The number of methoxy groups -OCH3 is 2. The van der Waals surface area contributed by atoms with Crippen molar-refractivity contribution in [2.24, 2.45) is 0 Å². The van der Waals surface area contributed by atoms with Crippen LogP contribution in [0.2, 0.25) is 5.02 Å². The summed E-state index contributed by atoms with van der Waals surface area (Å²) >= 11 is 6.06. The van der Waals surface area contributed by atoms with Crippen LogP contribution >= 0.6 is 11.6 Å².